The van der Waals surface area contributed by atoms with Crippen LogP contribution in [0, 0.1) is 17.7 Å². The van der Waals surface area contributed by atoms with Gasteiger partial charge in [0.1, 0.15) is 10.8 Å². The van der Waals surface area contributed by atoms with Crippen LogP contribution in [0.2, 0.25) is 0 Å². The number of halogens is 1. The molecule has 1 aliphatic heterocycles. The number of aromatic nitrogens is 2. The highest BCUT2D eigenvalue weighted by Crippen LogP contribution is 2.27. The lowest BCUT2D eigenvalue weighted by atomic mass is 9.94. The number of nitrogens with one attached hydrogen (secondary N) is 3. The monoisotopic (exact) mass is 349 g/mol. The number of hydrogen-bond donors (Lipinski definition) is 3. The summed E-state index contributed by atoms with van der Waals surface area (Å²) >= 11 is 1.40. The number of benzene rings is 1. The fraction of sp³-hybridized carbons (Fsp3) is 0.438. The first kappa shape index (κ1) is 16.9. The highest BCUT2D eigenvalue weighted by atomic mass is 32.1. The number of amides is 1. The fourth-order valence-electron chi connectivity index (χ4n) is 2.66. The van der Waals surface area contributed by atoms with Gasteiger partial charge in [0, 0.05) is 13.0 Å². The van der Waals surface area contributed by atoms with Gasteiger partial charge in [-0.2, -0.15) is 0 Å². The predicted molar refractivity (Wildman–Crippen MR) is 90.9 cm³/mol. The van der Waals surface area contributed by atoms with Gasteiger partial charge in [0.25, 0.3) is 0 Å². The third-order valence-corrected chi connectivity index (χ3v) is 4.69. The number of hydrazine groups is 1. The van der Waals surface area contributed by atoms with Crippen molar-refractivity contribution in [1.82, 2.24) is 21.0 Å². The van der Waals surface area contributed by atoms with Crippen molar-refractivity contribution in [1.29, 1.82) is 0 Å². The first-order valence-corrected chi connectivity index (χ1v) is 8.71. The summed E-state index contributed by atoms with van der Waals surface area (Å²) in [5.74, 6) is -0.244. The highest BCUT2D eigenvalue weighted by molar-refractivity contribution is 7.15. The van der Waals surface area contributed by atoms with E-state index in [1.54, 1.807) is 12.1 Å². The molecule has 2 aromatic rings. The lowest BCUT2D eigenvalue weighted by molar-refractivity contribution is -0.119. The van der Waals surface area contributed by atoms with E-state index in [9.17, 15) is 9.18 Å². The minimum Gasteiger partial charge on any atom is -0.300 e. The van der Waals surface area contributed by atoms with Crippen molar-refractivity contribution in [2.75, 3.05) is 11.9 Å². The van der Waals surface area contributed by atoms with E-state index in [0.29, 0.717) is 17.6 Å². The highest BCUT2D eigenvalue weighted by Gasteiger charge is 2.34. The van der Waals surface area contributed by atoms with Gasteiger partial charge in [0.15, 0.2) is 0 Å². The molecule has 2 atom stereocenters. The van der Waals surface area contributed by atoms with Crippen molar-refractivity contribution in [3.8, 4) is 0 Å². The first-order chi connectivity index (χ1) is 11.5. The molecule has 1 amide bonds. The van der Waals surface area contributed by atoms with Crippen LogP contribution >= 0.6 is 11.3 Å². The third kappa shape index (κ3) is 3.95. The van der Waals surface area contributed by atoms with Crippen LogP contribution < -0.4 is 16.2 Å². The third-order valence-electron chi connectivity index (χ3n) is 3.83. The molecule has 0 radical (unpaired) electrons. The molecular weight excluding hydrogens is 329 g/mol. The molecule has 1 saturated heterocycles. The molecule has 2 heterocycles. The Morgan fingerprint density at radius 1 is 1.38 bits per heavy atom. The molecule has 128 valence electrons. The fourth-order valence-corrected chi connectivity index (χ4v) is 3.62. The Bertz CT molecular complexity index is 703. The average Bonchev–Trinajstić information content (AvgIpc) is 3.17. The summed E-state index contributed by atoms with van der Waals surface area (Å²) in [7, 11) is 0. The van der Waals surface area contributed by atoms with Crippen LogP contribution in [0.25, 0.3) is 0 Å². The van der Waals surface area contributed by atoms with E-state index in [-0.39, 0.29) is 23.7 Å². The average molecular weight is 349 g/mol. The topological polar surface area (TPSA) is 78.9 Å². The molecule has 3 rings (SSSR count). The van der Waals surface area contributed by atoms with Crippen molar-refractivity contribution in [3.05, 3.63) is 40.7 Å². The molecule has 1 aliphatic rings. The molecule has 2 unspecified atom stereocenters. The van der Waals surface area contributed by atoms with Crippen molar-refractivity contribution in [2.45, 2.75) is 26.3 Å². The van der Waals surface area contributed by atoms with E-state index in [1.165, 1.54) is 23.5 Å². The molecule has 1 aromatic carbocycles. The van der Waals surface area contributed by atoms with Gasteiger partial charge in [-0.3, -0.25) is 10.2 Å². The molecule has 1 fully saturated rings. The summed E-state index contributed by atoms with van der Waals surface area (Å²) in [4.78, 5) is 12.6. The second-order valence-electron chi connectivity index (χ2n) is 6.25. The minimum absolute atomic E-state index is 0.130. The molecule has 24 heavy (non-hydrogen) atoms. The van der Waals surface area contributed by atoms with E-state index < -0.39 is 0 Å². The second kappa shape index (κ2) is 7.33. The van der Waals surface area contributed by atoms with Gasteiger partial charge in [-0.05, 0) is 23.6 Å². The molecule has 3 N–H and O–H groups in total. The SMILES string of the molecule is CC(C)Cc1nnc(NC(=O)C2CNNC2c2ccc(F)cc2)s1. The van der Waals surface area contributed by atoms with Crippen LogP contribution in [0.3, 0.4) is 0 Å². The lowest BCUT2D eigenvalue weighted by Gasteiger charge is -2.17. The Hall–Kier alpha value is -1.90. The number of hydrogen-bond acceptors (Lipinski definition) is 6. The number of rotatable bonds is 5. The zero-order valence-corrected chi connectivity index (χ0v) is 14.4. The summed E-state index contributed by atoms with van der Waals surface area (Å²) in [5, 5.41) is 12.4. The van der Waals surface area contributed by atoms with Gasteiger partial charge >= 0.3 is 0 Å². The Labute approximate surface area is 143 Å². The molecular formula is C16H20FN5OS. The van der Waals surface area contributed by atoms with Crippen LogP contribution in [0.15, 0.2) is 24.3 Å². The van der Waals surface area contributed by atoms with Gasteiger partial charge in [-0.1, -0.05) is 37.3 Å². The summed E-state index contributed by atoms with van der Waals surface area (Å²) < 4.78 is 13.1. The van der Waals surface area contributed by atoms with Crippen molar-refractivity contribution >= 4 is 22.4 Å². The van der Waals surface area contributed by atoms with Crippen LogP contribution in [-0.4, -0.2) is 22.6 Å². The van der Waals surface area contributed by atoms with Gasteiger partial charge in [0.2, 0.25) is 11.0 Å². The molecule has 8 heteroatoms. The number of carbonyl (C=O) groups excluding carboxylic acids is 1. The van der Waals surface area contributed by atoms with Crippen molar-refractivity contribution in [2.24, 2.45) is 11.8 Å². The zero-order valence-electron chi connectivity index (χ0n) is 13.5. The maximum atomic E-state index is 13.1. The molecule has 0 aliphatic carbocycles. The summed E-state index contributed by atoms with van der Waals surface area (Å²) in [5.41, 5.74) is 6.93. The van der Waals surface area contributed by atoms with Crippen molar-refractivity contribution < 1.29 is 9.18 Å². The maximum Gasteiger partial charge on any atom is 0.232 e. The lowest BCUT2D eigenvalue weighted by Crippen LogP contribution is -2.29. The maximum absolute atomic E-state index is 13.1. The molecule has 0 saturated carbocycles. The zero-order chi connectivity index (χ0) is 17.1. The summed E-state index contributed by atoms with van der Waals surface area (Å²) in [6.07, 6.45) is 0.846. The van der Waals surface area contributed by atoms with Gasteiger partial charge in [-0.25, -0.2) is 9.82 Å². The number of carbonyl (C=O) groups is 1. The van der Waals surface area contributed by atoms with E-state index in [1.807, 2.05) is 0 Å². The largest absolute Gasteiger partial charge is 0.300 e. The quantitative estimate of drug-likeness (QED) is 0.772. The summed E-state index contributed by atoms with van der Waals surface area (Å²) in [6, 6.07) is 5.95. The number of anilines is 1. The molecule has 0 spiro atoms. The second-order valence-corrected chi connectivity index (χ2v) is 7.31. The van der Waals surface area contributed by atoms with Crippen LogP contribution in [-0.2, 0) is 11.2 Å². The molecule has 1 aromatic heterocycles. The minimum atomic E-state index is -0.312. The Balaban J connectivity index is 1.67. The van der Waals surface area contributed by atoms with Gasteiger partial charge in [0.05, 0.1) is 12.0 Å². The van der Waals surface area contributed by atoms with Crippen LogP contribution in [0.1, 0.15) is 30.5 Å². The Morgan fingerprint density at radius 3 is 2.83 bits per heavy atom. The standard InChI is InChI=1S/C16H20FN5OS/c1-9(2)7-13-20-22-16(24-13)19-15(23)12-8-18-21-14(12)10-3-5-11(17)6-4-10/h3-6,9,12,14,18,21H,7-8H2,1-2H3,(H,19,22,23). The van der Waals surface area contributed by atoms with Gasteiger partial charge in [-0.15, -0.1) is 10.2 Å². The van der Waals surface area contributed by atoms with E-state index in [4.69, 9.17) is 0 Å². The predicted octanol–water partition coefficient (Wildman–Crippen LogP) is 2.28. The van der Waals surface area contributed by atoms with Gasteiger partial charge < -0.3 is 5.32 Å². The Kier molecular flexibility index (Phi) is 5.17. The van der Waals surface area contributed by atoms with Crippen LogP contribution in [0.4, 0.5) is 9.52 Å². The summed E-state index contributed by atoms with van der Waals surface area (Å²) in [6.45, 7) is 4.72. The molecule has 0 bridgehead atoms. The smallest absolute Gasteiger partial charge is 0.232 e. The first-order valence-electron chi connectivity index (χ1n) is 7.90. The van der Waals surface area contributed by atoms with E-state index >= 15 is 0 Å². The molecule has 6 nitrogen and oxygen atoms in total. The van der Waals surface area contributed by atoms with E-state index in [0.717, 1.165) is 17.0 Å². The normalized spacial score (nSPS) is 20.5. The van der Waals surface area contributed by atoms with Crippen molar-refractivity contribution in [3.63, 3.8) is 0 Å². The number of nitrogens with zero attached hydrogens (tertiary/aromatic N) is 2. The Morgan fingerprint density at radius 2 is 2.12 bits per heavy atom. The van der Waals surface area contributed by atoms with Crippen LogP contribution in [0.5, 0.6) is 0 Å². The van der Waals surface area contributed by atoms with E-state index in [2.05, 4.69) is 40.2 Å².